The summed E-state index contributed by atoms with van der Waals surface area (Å²) in [6, 6.07) is 7.49. The normalized spacial score (nSPS) is 16.5. The first kappa shape index (κ1) is 18.5. The Labute approximate surface area is 173 Å². The summed E-state index contributed by atoms with van der Waals surface area (Å²) in [5.41, 5.74) is 0.843. The van der Waals surface area contributed by atoms with Crippen molar-refractivity contribution < 1.29 is 14.1 Å². The van der Waals surface area contributed by atoms with E-state index in [1.165, 1.54) is 0 Å². The van der Waals surface area contributed by atoms with E-state index in [9.17, 15) is 4.79 Å². The Bertz CT molecular complexity index is 995. The second-order valence-electron chi connectivity index (χ2n) is 7.48. The van der Waals surface area contributed by atoms with Crippen LogP contribution in [0.2, 0.25) is 0 Å². The van der Waals surface area contributed by atoms with Crippen LogP contribution >= 0.6 is 0 Å². The van der Waals surface area contributed by atoms with Crippen molar-refractivity contribution in [3.63, 3.8) is 0 Å². The number of carbonyl (C=O) groups is 1. The molecule has 1 amide bonds. The van der Waals surface area contributed by atoms with Gasteiger partial charge in [0.15, 0.2) is 6.61 Å². The third kappa shape index (κ3) is 4.10. The summed E-state index contributed by atoms with van der Waals surface area (Å²) in [6.45, 7) is 2.73. The van der Waals surface area contributed by atoms with Crippen LogP contribution in [0, 0.1) is 0 Å². The zero-order chi connectivity index (χ0) is 20.3. The summed E-state index contributed by atoms with van der Waals surface area (Å²) < 4.78 is 10.8. The molecule has 0 bridgehead atoms. The van der Waals surface area contributed by atoms with Gasteiger partial charge in [-0.25, -0.2) is 4.98 Å². The lowest BCUT2D eigenvalue weighted by molar-refractivity contribution is -0.133. The summed E-state index contributed by atoms with van der Waals surface area (Å²) in [4.78, 5) is 29.4. The Morgan fingerprint density at radius 3 is 2.70 bits per heavy atom. The molecule has 5 rings (SSSR count). The lowest BCUT2D eigenvalue weighted by Gasteiger charge is -2.35. The molecule has 30 heavy (non-hydrogen) atoms. The maximum Gasteiger partial charge on any atom is 0.260 e. The lowest BCUT2D eigenvalue weighted by atomic mass is 10.2. The molecule has 0 aromatic carbocycles. The van der Waals surface area contributed by atoms with Gasteiger partial charge in [0.25, 0.3) is 5.91 Å². The molecule has 0 radical (unpaired) electrons. The predicted octanol–water partition coefficient (Wildman–Crippen LogP) is 2.13. The van der Waals surface area contributed by atoms with Crippen molar-refractivity contribution in [2.45, 2.75) is 18.8 Å². The van der Waals surface area contributed by atoms with Crippen LogP contribution in [0.25, 0.3) is 11.4 Å². The fourth-order valence-electron chi connectivity index (χ4n) is 3.41. The van der Waals surface area contributed by atoms with Crippen molar-refractivity contribution in [1.82, 2.24) is 25.0 Å². The van der Waals surface area contributed by atoms with Crippen molar-refractivity contribution in [1.29, 1.82) is 0 Å². The summed E-state index contributed by atoms with van der Waals surface area (Å²) in [7, 11) is 0. The Hall–Kier alpha value is -3.49. The van der Waals surface area contributed by atoms with E-state index in [2.05, 4.69) is 25.0 Å². The van der Waals surface area contributed by atoms with Crippen LogP contribution in [0.3, 0.4) is 0 Å². The predicted molar refractivity (Wildman–Crippen MR) is 108 cm³/mol. The number of rotatable bonds is 6. The first-order valence-corrected chi connectivity index (χ1v) is 10.1. The number of nitrogens with zero attached hydrogens (tertiary/aromatic N) is 6. The average Bonchev–Trinajstić information content (AvgIpc) is 3.55. The Morgan fingerprint density at radius 2 is 2.00 bits per heavy atom. The topological polar surface area (TPSA) is 97.5 Å². The molecule has 9 nitrogen and oxygen atoms in total. The molecule has 1 aliphatic carbocycles. The van der Waals surface area contributed by atoms with Crippen LogP contribution in [0.4, 0.5) is 5.82 Å². The number of anilines is 1. The summed E-state index contributed by atoms with van der Waals surface area (Å²) >= 11 is 0. The van der Waals surface area contributed by atoms with E-state index in [1.54, 1.807) is 30.7 Å². The number of aromatic nitrogens is 4. The van der Waals surface area contributed by atoms with Crippen molar-refractivity contribution in [3.8, 4) is 17.1 Å². The number of hydrogen-bond acceptors (Lipinski definition) is 8. The van der Waals surface area contributed by atoms with Crippen molar-refractivity contribution >= 4 is 11.7 Å². The number of pyridine rings is 2. The zero-order valence-corrected chi connectivity index (χ0v) is 16.5. The molecule has 3 aromatic heterocycles. The van der Waals surface area contributed by atoms with Gasteiger partial charge in [0, 0.05) is 50.1 Å². The van der Waals surface area contributed by atoms with Gasteiger partial charge in [-0.2, -0.15) is 4.98 Å². The minimum atomic E-state index is -0.0228. The summed E-state index contributed by atoms with van der Waals surface area (Å²) in [5.74, 6) is 3.20. The first-order chi connectivity index (χ1) is 14.8. The second kappa shape index (κ2) is 8.10. The molecular formula is C21H22N6O3. The molecule has 0 N–H and O–H groups in total. The van der Waals surface area contributed by atoms with Gasteiger partial charge in [-0.1, -0.05) is 5.16 Å². The quantitative estimate of drug-likeness (QED) is 0.614. The van der Waals surface area contributed by atoms with Gasteiger partial charge in [0.05, 0.1) is 6.20 Å². The highest BCUT2D eigenvalue weighted by Crippen LogP contribution is 2.39. The monoisotopic (exact) mass is 406 g/mol. The smallest absolute Gasteiger partial charge is 0.260 e. The third-order valence-corrected chi connectivity index (χ3v) is 5.33. The molecule has 0 unspecified atom stereocenters. The molecule has 154 valence electrons. The highest BCUT2D eigenvalue weighted by molar-refractivity contribution is 5.78. The summed E-state index contributed by atoms with van der Waals surface area (Å²) in [5, 5.41) is 4.06. The van der Waals surface area contributed by atoms with Gasteiger partial charge in [0.2, 0.25) is 11.7 Å². The maximum absolute atomic E-state index is 12.4. The molecular weight excluding hydrogens is 384 g/mol. The van der Waals surface area contributed by atoms with Gasteiger partial charge in [-0.15, -0.1) is 0 Å². The number of hydrogen-bond donors (Lipinski definition) is 0. The minimum absolute atomic E-state index is 0.0200. The van der Waals surface area contributed by atoms with Gasteiger partial charge >= 0.3 is 0 Å². The zero-order valence-electron chi connectivity index (χ0n) is 16.5. The first-order valence-electron chi connectivity index (χ1n) is 10.1. The van der Waals surface area contributed by atoms with Crippen LogP contribution < -0.4 is 9.64 Å². The molecule has 4 heterocycles. The molecule has 1 saturated carbocycles. The molecule has 3 aromatic rings. The van der Waals surface area contributed by atoms with Crippen molar-refractivity contribution in [3.05, 3.63) is 48.7 Å². The minimum Gasteiger partial charge on any atom is -0.482 e. The number of carbonyl (C=O) groups excluding carboxylic acids is 1. The largest absolute Gasteiger partial charge is 0.482 e. The highest BCUT2D eigenvalue weighted by Gasteiger charge is 2.30. The van der Waals surface area contributed by atoms with Gasteiger partial charge < -0.3 is 19.1 Å². The van der Waals surface area contributed by atoms with Crippen LogP contribution in [0.15, 0.2) is 47.4 Å². The fourth-order valence-corrected chi connectivity index (χ4v) is 3.41. The summed E-state index contributed by atoms with van der Waals surface area (Å²) in [6.07, 6.45) is 7.30. The average molecular weight is 406 g/mol. The number of amides is 1. The van der Waals surface area contributed by atoms with E-state index in [4.69, 9.17) is 9.26 Å². The van der Waals surface area contributed by atoms with E-state index < -0.39 is 0 Å². The number of piperazine rings is 1. The molecule has 2 aliphatic rings. The molecule has 2 fully saturated rings. The fraction of sp³-hybridized carbons (Fsp3) is 0.381. The van der Waals surface area contributed by atoms with Crippen molar-refractivity contribution in [2.75, 3.05) is 37.7 Å². The molecule has 0 atom stereocenters. The molecule has 1 saturated heterocycles. The van der Waals surface area contributed by atoms with Crippen LogP contribution in [0.1, 0.15) is 24.7 Å². The maximum atomic E-state index is 12.4. The van der Waals surface area contributed by atoms with Gasteiger partial charge in [0.1, 0.15) is 11.6 Å². The van der Waals surface area contributed by atoms with Crippen molar-refractivity contribution in [2.24, 2.45) is 0 Å². The van der Waals surface area contributed by atoms with E-state index in [-0.39, 0.29) is 12.5 Å². The molecule has 9 heteroatoms. The second-order valence-corrected chi connectivity index (χ2v) is 7.48. The Kier molecular flexibility index (Phi) is 5.00. The number of ether oxygens (including phenoxy) is 1. The van der Waals surface area contributed by atoms with Gasteiger partial charge in [-0.3, -0.25) is 9.78 Å². The van der Waals surface area contributed by atoms with Crippen LogP contribution in [-0.2, 0) is 4.79 Å². The van der Waals surface area contributed by atoms with E-state index in [0.717, 1.165) is 43.2 Å². The SMILES string of the molecule is O=C(COc1cccnc1)N1CCN(c2ccc(-c3noc(C4CC4)n3)cn2)CC1. The third-order valence-electron chi connectivity index (χ3n) is 5.33. The lowest BCUT2D eigenvalue weighted by Crippen LogP contribution is -2.50. The Morgan fingerprint density at radius 1 is 1.13 bits per heavy atom. The van der Waals surface area contributed by atoms with Crippen LogP contribution in [0.5, 0.6) is 5.75 Å². The highest BCUT2D eigenvalue weighted by atomic mass is 16.5. The van der Waals surface area contributed by atoms with E-state index in [1.807, 2.05) is 17.0 Å². The molecule has 0 spiro atoms. The molecule has 1 aliphatic heterocycles. The van der Waals surface area contributed by atoms with E-state index >= 15 is 0 Å². The van der Waals surface area contributed by atoms with Gasteiger partial charge in [-0.05, 0) is 37.1 Å². The Balaban J connectivity index is 1.14. The standard InChI is InChI=1S/C21H22N6O3/c28-19(14-29-17-2-1-7-22-13-17)27-10-8-26(9-11-27)18-6-5-16(12-23-18)20-24-21(30-25-20)15-3-4-15/h1-2,5-7,12-13,15H,3-4,8-11,14H2. The van der Waals surface area contributed by atoms with E-state index in [0.29, 0.717) is 30.6 Å². The van der Waals surface area contributed by atoms with Crippen LogP contribution in [-0.4, -0.2) is 63.7 Å².